The number of hydrogen-bond donors (Lipinski definition) is 2. The second-order valence-electron chi connectivity index (χ2n) is 8.30. The average molecular weight is 320 g/mol. The molecule has 0 fully saturated rings. The van der Waals surface area contributed by atoms with Crippen molar-refractivity contribution in [3.63, 3.8) is 0 Å². The molecule has 1 atom stereocenters. The smallest absolute Gasteiger partial charge is 0.386 e. The lowest BCUT2D eigenvalue weighted by atomic mass is 9.90. The lowest BCUT2D eigenvalue weighted by Gasteiger charge is -2.28. The molecule has 2 nitrogen and oxygen atoms in total. The minimum Gasteiger partial charge on any atom is -0.386 e. The first kappa shape index (κ1) is 20.9. The molecule has 22 heavy (non-hydrogen) atoms. The van der Waals surface area contributed by atoms with E-state index in [-0.39, 0.29) is 17.4 Å². The zero-order valence-electron chi connectivity index (χ0n) is 14.7. The van der Waals surface area contributed by atoms with Crippen molar-refractivity contribution < 1.29 is 13.2 Å². The fourth-order valence-corrected chi connectivity index (χ4v) is 2.14. The Morgan fingerprint density at radius 2 is 1.27 bits per heavy atom. The fraction of sp³-hybridized carbons (Fsp3) is 0.765. The summed E-state index contributed by atoms with van der Waals surface area (Å²) in [6.45, 7) is 19.2. The summed E-state index contributed by atoms with van der Waals surface area (Å²) in [7, 11) is 0. The Bertz CT molecular complexity index is 384. The largest absolute Gasteiger partial charge is 0.410 e. The van der Waals surface area contributed by atoms with Crippen LogP contribution >= 0.6 is 0 Å². The molecule has 0 heterocycles. The normalized spacial score (nSPS) is 14.4. The molecule has 0 aliphatic heterocycles. The minimum atomic E-state index is -4.34. The summed E-state index contributed by atoms with van der Waals surface area (Å²) in [6, 6.07) is -1.67. The van der Waals surface area contributed by atoms with Gasteiger partial charge in [-0.2, -0.15) is 13.2 Å². The van der Waals surface area contributed by atoms with Crippen LogP contribution in [0.3, 0.4) is 0 Å². The van der Waals surface area contributed by atoms with Gasteiger partial charge in [-0.1, -0.05) is 54.7 Å². The molecule has 0 spiro atoms. The van der Waals surface area contributed by atoms with Gasteiger partial charge >= 0.3 is 6.18 Å². The monoisotopic (exact) mass is 320 g/mol. The van der Waals surface area contributed by atoms with Crippen LogP contribution in [0, 0.1) is 10.8 Å². The Labute approximate surface area is 133 Å². The van der Waals surface area contributed by atoms with Gasteiger partial charge in [0, 0.05) is 17.9 Å². The van der Waals surface area contributed by atoms with Crippen LogP contribution in [0.4, 0.5) is 13.2 Å². The maximum Gasteiger partial charge on any atom is 0.410 e. The van der Waals surface area contributed by atoms with Crippen molar-refractivity contribution in [1.29, 1.82) is 0 Å². The molecule has 0 bridgehead atoms. The summed E-state index contributed by atoms with van der Waals surface area (Å²) in [5.74, 6) is 0. The number of rotatable bonds is 7. The highest BCUT2D eigenvalue weighted by Gasteiger charge is 2.40. The molecular weight excluding hydrogens is 289 g/mol. The molecule has 0 aromatic carbocycles. The van der Waals surface area contributed by atoms with E-state index in [1.807, 2.05) is 41.5 Å². The molecule has 5 heteroatoms. The van der Waals surface area contributed by atoms with Gasteiger partial charge in [0.1, 0.15) is 6.04 Å². The second kappa shape index (κ2) is 7.42. The van der Waals surface area contributed by atoms with Crippen LogP contribution < -0.4 is 10.6 Å². The van der Waals surface area contributed by atoms with Crippen LogP contribution in [0.15, 0.2) is 24.6 Å². The zero-order chi connectivity index (χ0) is 17.8. The molecule has 0 aliphatic rings. The Balaban J connectivity index is 4.62. The molecule has 130 valence electrons. The van der Waals surface area contributed by atoms with Crippen molar-refractivity contribution in [2.24, 2.45) is 10.8 Å². The van der Waals surface area contributed by atoms with Crippen LogP contribution in [-0.2, 0) is 0 Å². The first-order valence-corrected chi connectivity index (χ1v) is 7.53. The lowest BCUT2D eigenvalue weighted by molar-refractivity contribution is -0.152. The Hall–Kier alpha value is -1.13. The molecule has 0 saturated heterocycles. The third-order valence-electron chi connectivity index (χ3n) is 2.82. The number of nitrogens with one attached hydrogen (secondary N) is 2. The van der Waals surface area contributed by atoms with Crippen molar-refractivity contribution in [3.8, 4) is 0 Å². The second-order valence-corrected chi connectivity index (χ2v) is 8.30. The van der Waals surface area contributed by atoms with Gasteiger partial charge in [-0.25, -0.2) is 0 Å². The highest BCUT2D eigenvalue weighted by Crippen LogP contribution is 2.26. The third kappa shape index (κ3) is 10.6. The first-order valence-electron chi connectivity index (χ1n) is 7.53. The molecule has 0 amide bonds. The van der Waals surface area contributed by atoms with Crippen LogP contribution in [0.5, 0.6) is 0 Å². The summed E-state index contributed by atoms with van der Waals surface area (Å²) >= 11 is 0. The summed E-state index contributed by atoms with van der Waals surface area (Å²) in [5.41, 5.74) is 0.896. The van der Waals surface area contributed by atoms with E-state index in [9.17, 15) is 13.2 Å². The van der Waals surface area contributed by atoms with E-state index in [2.05, 4.69) is 23.8 Å². The predicted molar refractivity (Wildman–Crippen MR) is 87.4 cm³/mol. The number of halogens is 3. The molecule has 2 N–H and O–H groups in total. The average Bonchev–Trinajstić information content (AvgIpc) is 2.16. The SMILES string of the molecule is C=C(CC(C)(C)C)NCC(NC(=C)CC(C)(C)C)C(F)(F)F. The van der Waals surface area contributed by atoms with E-state index in [0.717, 1.165) is 0 Å². The predicted octanol–water partition coefficient (Wildman–Crippen LogP) is 5.00. The van der Waals surface area contributed by atoms with Crippen molar-refractivity contribution in [2.45, 2.75) is 66.6 Å². The lowest BCUT2D eigenvalue weighted by Crippen LogP contribution is -2.48. The van der Waals surface area contributed by atoms with Crippen LogP contribution in [0.25, 0.3) is 0 Å². The molecule has 0 rings (SSSR count). The molecule has 1 unspecified atom stereocenters. The maximum absolute atomic E-state index is 13.1. The van der Waals surface area contributed by atoms with E-state index in [4.69, 9.17) is 0 Å². The van der Waals surface area contributed by atoms with Crippen molar-refractivity contribution in [2.75, 3.05) is 6.54 Å². The van der Waals surface area contributed by atoms with Gasteiger partial charge in [0.15, 0.2) is 0 Å². The molecule has 0 aromatic heterocycles. The molecule has 0 radical (unpaired) electrons. The van der Waals surface area contributed by atoms with E-state index in [0.29, 0.717) is 24.2 Å². The van der Waals surface area contributed by atoms with Gasteiger partial charge in [0.05, 0.1) is 0 Å². The Morgan fingerprint density at radius 1 is 0.864 bits per heavy atom. The summed E-state index contributed by atoms with van der Waals surface area (Å²) in [5, 5.41) is 5.30. The minimum absolute atomic E-state index is 0.0128. The van der Waals surface area contributed by atoms with Crippen molar-refractivity contribution >= 4 is 0 Å². The molecule has 0 aliphatic carbocycles. The first-order chi connectivity index (χ1) is 9.60. The van der Waals surface area contributed by atoms with Crippen LogP contribution in [0.2, 0.25) is 0 Å². The highest BCUT2D eigenvalue weighted by atomic mass is 19.4. The number of allylic oxidation sites excluding steroid dienone is 2. The maximum atomic E-state index is 13.1. The molecule has 0 aromatic rings. The van der Waals surface area contributed by atoms with Gasteiger partial charge in [-0.05, 0) is 23.7 Å². The summed E-state index contributed by atoms with van der Waals surface area (Å²) < 4.78 is 39.4. The number of hydrogen-bond acceptors (Lipinski definition) is 2. The van der Waals surface area contributed by atoms with E-state index in [1.54, 1.807) is 0 Å². The van der Waals surface area contributed by atoms with Gasteiger partial charge in [-0.15, -0.1) is 0 Å². The molecule has 0 saturated carbocycles. The Morgan fingerprint density at radius 3 is 1.64 bits per heavy atom. The van der Waals surface area contributed by atoms with Crippen molar-refractivity contribution in [3.05, 3.63) is 24.6 Å². The van der Waals surface area contributed by atoms with Gasteiger partial charge in [0.2, 0.25) is 0 Å². The quantitative estimate of drug-likeness (QED) is 0.690. The summed E-state index contributed by atoms with van der Waals surface area (Å²) in [6.07, 6.45) is -3.22. The highest BCUT2D eigenvalue weighted by molar-refractivity contribution is 5.02. The zero-order valence-corrected chi connectivity index (χ0v) is 14.7. The number of alkyl halides is 3. The fourth-order valence-electron chi connectivity index (χ4n) is 2.14. The van der Waals surface area contributed by atoms with Gasteiger partial charge < -0.3 is 10.6 Å². The third-order valence-corrected chi connectivity index (χ3v) is 2.82. The topological polar surface area (TPSA) is 24.1 Å². The summed E-state index contributed by atoms with van der Waals surface area (Å²) in [4.78, 5) is 0. The Kier molecular flexibility index (Phi) is 7.04. The van der Waals surface area contributed by atoms with E-state index in [1.165, 1.54) is 0 Å². The van der Waals surface area contributed by atoms with Crippen LogP contribution in [0.1, 0.15) is 54.4 Å². The van der Waals surface area contributed by atoms with E-state index >= 15 is 0 Å². The van der Waals surface area contributed by atoms with Crippen molar-refractivity contribution in [1.82, 2.24) is 10.6 Å². The van der Waals surface area contributed by atoms with Gasteiger partial charge in [-0.3, -0.25) is 0 Å². The van der Waals surface area contributed by atoms with Crippen LogP contribution in [-0.4, -0.2) is 18.8 Å². The van der Waals surface area contributed by atoms with E-state index < -0.39 is 12.2 Å². The standard InChI is InChI=1S/C17H31F3N2/c1-12(9-15(3,4)5)21-11-14(17(18,19)20)22-13(2)10-16(6,7)8/h14,21-22H,1-2,9-11H2,3-8H3. The molecular formula is C17H31F3N2. The van der Waals surface area contributed by atoms with Gasteiger partial charge in [0.25, 0.3) is 0 Å².